The standard InChI is InChI=1S/C28H22F6N2O2S/c29-27(30,31)23-15-11-21(12-16-23)25(35,19-7-3-1-4-8-19)39(37,38)26(36,20-9-5-2-6-10-20)22-13-17-24(18-14-22)28(32,33)34/h1-18H,35-36H2. The zero-order valence-corrected chi connectivity index (χ0v) is 20.9. The van der Waals surface area contributed by atoms with Crippen LogP contribution in [0.15, 0.2) is 109 Å². The van der Waals surface area contributed by atoms with Crippen molar-refractivity contribution >= 4 is 9.84 Å². The first kappa shape index (κ1) is 28.3. The Bertz CT molecular complexity index is 1430. The molecule has 4 aromatic rings. The molecule has 39 heavy (non-hydrogen) atoms. The van der Waals surface area contributed by atoms with Gasteiger partial charge in [-0.05, 0) is 46.5 Å². The van der Waals surface area contributed by atoms with Gasteiger partial charge in [-0.25, -0.2) is 8.42 Å². The molecule has 0 aliphatic heterocycles. The van der Waals surface area contributed by atoms with E-state index in [2.05, 4.69) is 0 Å². The summed E-state index contributed by atoms with van der Waals surface area (Å²) < 4.78 is 109. The number of benzene rings is 4. The Balaban J connectivity index is 2.03. The Morgan fingerprint density at radius 3 is 0.897 bits per heavy atom. The molecule has 2 unspecified atom stereocenters. The van der Waals surface area contributed by atoms with E-state index in [0.29, 0.717) is 24.3 Å². The summed E-state index contributed by atoms with van der Waals surface area (Å²) in [5.74, 6) is 0. The Hall–Kier alpha value is -3.67. The summed E-state index contributed by atoms with van der Waals surface area (Å²) in [6.07, 6.45) is -9.38. The summed E-state index contributed by atoms with van der Waals surface area (Å²) in [4.78, 5) is -5.04. The van der Waals surface area contributed by atoms with E-state index in [4.69, 9.17) is 11.5 Å². The maximum Gasteiger partial charge on any atom is 0.416 e. The van der Waals surface area contributed by atoms with Crippen LogP contribution in [0, 0.1) is 0 Å². The Morgan fingerprint density at radius 1 is 0.410 bits per heavy atom. The van der Waals surface area contributed by atoms with Crippen molar-refractivity contribution in [2.75, 3.05) is 0 Å². The van der Waals surface area contributed by atoms with Crippen molar-refractivity contribution in [2.24, 2.45) is 11.5 Å². The van der Waals surface area contributed by atoms with Gasteiger partial charge >= 0.3 is 12.4 Å². The molecular weight excluding hydrogens is 542 g/mol. The molecule has 0 radical (unpaired) electrons. The minimum absolute atomic E-state index is 0.0116. The van der Waals surface area contributed by atoms with Crippen LogP contribution in [0.25, 0.3) is 0 Å². The van der Waals surface area contributed by atoms with E-state index < -0.39 is 43.1 Å². The average Bonchev–Trinajstić information content (AvgIpc) is 2.92. The Kier molecular flexibility index (Phi) is 7.13. The molecule has 4 nitrogen and oxygen atoms in total. The molecule has 11 heteroatoms. The molecule has 0 saturated carbocycles. The van der Waals surface area contributed by atoms with Gasteiger partial charge < -0.3 is 11.5 Å². The molecular formula is C28H22F6N2O2S. The number of hydrogen-bond acceptors (Lipinski definition) is 4. The largest absolute Gasteiger partial charge is 0.416 e. The van der Waals surface area contributed by atoms with Gasteiger partial charge in [-0.3, -0.25) is 0 Å². The van der Waals surface area contributed by atoms with E-state index in [9.17, 15) is 34.8 Å². The summed E-state index contributed by atoms with van der Waals surface area (Å²) in [7, 11) is -4.98. The Morgan fingerprint density at radius 2 is 0.641 bits per heavy atom. The summed E-state index contributed by atoms with van der Waals surface area (Å²) in [6.45, 7) is 0. The normalized spacial score (nSPS) is 15.8. The molecule has 0 spiro atoms. The predicted octanol–water partition coefficient (Wildman–Crippen LogP) is 6.16. The fourth-order valence-electron chi connectivity index (χ4n) is 4.39. The van der Waals surface area contributed by atoms with Gasteiger partial charge in [0.05, 0.1) is 11.1 Å². The monoisotopic (exact) mass is 564 g/mol. The lowest BCUT2D eigenvalue weighted by molar-refractivity contribution is -0.138. The molecule has 4 N–H and O–H groups in total. The maximum atomic E-state index is 14.7. The van der Waals surface area contributed by atoms with Crippen LogP contribution in [-0.2, 0) is 31.9 Å². The molecule has 0 amide bonds. The summed E-state index contributed by atoms with van der Waals surface area (Å²) in [6, 6.07) is 21.3. The maximum absolute atomic E-state index is 14.7. The number of hydrogen-bond donors (Lipinski definition) is 2. The zero-order valence-electron chi connectivity index (χ0n) is 20.0. The quantitative estimate of drug-likeness (QED) is 0.275. The molecule has 0 fully saturated rings. The highest BCUT2D eigenvalue weighted by Crippen LogP contribution is 2.46. The van der Waals surface area contributed by atoms with Gasteiger partial charge in [0.2, 0.25) is 9.84 Å². The second kappa shape index (κ2) is 9.82. The minimum Gasteiger partial charge on any atom is -0.305 e. The average molecular weight is 565 g/mol. The summed E-state index contributed by atoms with van der Waals surface area (Å²) in [5, 5.41) is 0. The molecule has 0 saturated heterocycles. The second-order valence-corrected chi connectivity index (χ2v) is 11.2. The highest BCUT2D eigenvalue weighted by atomic mass is 32.2. The van der Waals surface area contributed by atoms with Gasteiger partial charge in [-0.1, -0.05) is 84.9 Å². The van der Waals surface area contributed by atoms with Gasteiger partial charge in [0, 0.05) is 0 Å². The summed E-state index contributed by atoms with van der Waals surface area (Å²) in [5.41, 5.74) is 10.9. The molecule has 0 aromatic heterocycles. The molecule has 0 aliphatic rings. The number of rotatable bonds is 6. The lowest BCUT2D eigenvalue weighted by Crippen LogP contribution is -2.59. The van der Waals surface area contributed by atoms with Crippen LogP contribution in [0.5, 0.6) is 0 Å². The van der Waals surface area contributed by atoms with Gasteiger partial charge in [-0.15, -0.1) is 0 Å². The van der Waals surface area contributed by atoms with Crippen molar-refractivity contribution in [3.63, 3.8) is 0 Å². The third kappa shape index (κ3) is 4.81. The van der Waals surface area contributed by atoms with E-state index in [-0.39, 0.29) is 22.3 Å². The summed E-state index contributed by atoms with van der Waals surface area (Å²) >= 11 is 0. The van der Waals surface area contributed by atoms with Crippen molar-refractivity contribution < 1.29 is 34.8 Å². The molecule has 4 aromatic carbocycles. The molecule has 2 atom stereocenters. The van der Waals surface area contributed by atoms with Crippen molar-refractivity contribution in [2.45, 2.75) is 22.1 Å². The first-order valence-corrected chi connectivity index (χ1v) is 12.9. The highest BCUT2D eigenvalue weighted by molar-refractivity contribution is 7.93. The van der Waals surface area contributed by atoms with Gasteiger partial charge in [0.25, 0.3) is 0 Å². The SMILES string of the molecule is NC(c1ccccc1)(c1ccc(C(F)(F)F)cc1)S(=O)(=O)C(N)(c1ccccc1)c1ccc(C(F)(F)F)cc1. The number of alkyl halides is 6. The number of halogens is 6. The number of nitrogens with two attached hydrogens (primary N) is 2. The second-order valence-electron chi connectivity index (χ2n) is 8.86. The van der Waals surface area contributed by atoms with Crippen LogP contribution in [0.3, 0.4) is 0 Å². The van der Waals surface area contributed by atoms with Crippen molar-refractivity contribution in [3.05, 3.63) is 143 Å². The van der Waals surface area contributed by atoms with Crippen LogP contribution >= 0.6 is 0 Å². The van der Waals surface area contributed by atoms with Crippen LogP contribution in [0.4, 0.5) is 26.3 Å². The van der Waals surface area contributed by atoms with Crippen LogP contribution < -0.4 is 11.5 Å². The predicted molar refractivity (Wildman–Crippen MR) is 135 cm³/mol. The first-order chi connectivity index (χ1) is 18.1. The van der Waals surface area contributed by atoms with E-state index in [1.54, 1.807) is 12.1 Å². The number of sulfone groups is 1. The highest BCUT2D eigenvalue weighted by Gasteiger charge is 2.56. The molecule has 0 aliphatic carbocycles. The van der Waals surface area contributed by atoms with Crippen molar-refractivity contribution in [1.82, 2.24) is 0 Å². The van der Waals surface area contributed by atoms with Crippen molar-refractivity contribution in [3.8, 4) is 0 Å². The molecule has 4 rings (SSSR count). The fourth-order valence-corrected chi connectivity index (χ4v) is 6.69. The third-order valence-electron chi connectivity index (χ3n) is 6.54. The van der Waals surface area contributed by atoms with Crippen molar-refractivity contribution in [1.29, 1.82) is 0 Å². The van der Waals surface area contributed by atoms with Gasteiger partial charge in [0.15, 0.2) is 9.74 Å². The molecule has 0 heterocycles. The van der Waals surface area contributed by atoms with Crippen LogP contribution in [0.1, 0.15) is 33.4 Å². The van der Waals surface area contributed by atoms with E-state index in [1.807, 2.05) is 0 Å². The molecule has 204 valence electrons. The van der Waals surface area contributed by atoms with Crippen LogP contribution in [0.2, 0.25) is 0 Å². The van der Waals surface area contributed by atoms with Gasteiger partial charge in [-0.2, -0.15) is 26.3 Å². The smallest absolute Gasteiger partial charge is 0.305 e. The Labute approximate surface area is 220 Å². The lowest BCUT2D eigenvalue weighted by Gasteiger charge is -2.40. The topological polar surface area (TPSA) is 86.2 Å². The third-order valence-corrected chi connectivity index (χ3v) is 9.17. The fraction of sp³-hybridized carbons (Fsp3) is 0.143. The van der Waals surface area contributed by atoms with E-state index in [1.165, 1.54) is 48.5 Å². The molecule has 0 bridgehead atoms. The minimum atomic E-state index is -4.98. The van der Waals surface area contributed by atoms with Crippen LogP contribution in [-0.4, -0.2) is 8.42 Å². The first-order valence-electron chi connectivity index (χ1n) is 11.4. The van der Waals surface area contributed by atoms with E-state index in [0.717, 1.165) is 24.3 Å². The lowest BCUT2D eigenvalue weighted by atomic mass is 9.96. The van der Waals surface area contributed by atoms with E-state index >= 15 is 0 Å². The van der Waals surface area contributed by atoms with Gasteiger partial charge in [0.1, 0.15) is 0 Å². The zero-order chi connectivity index (χ0) is 28.7.